The Bertz CT molecular complexity index is 1080. The molecule has 0 radical (unpaired) electrons. The number of hydrogen-bond donors (Lipinski definition) is 0. The van der Waals surface area contributed by atoms with Crippen LogP contribution in [0.15, 0.2) is 121 Å². The maximum absolute atomic E-state index is 14.6. The lowest BCUT2D eigenvalue weighted by Gasteiger charge is -2.63. The summed E-state index contributed by atoms with van der Waals surface area (Å²) in [6.07, 6.45) is 0. The van der Waals surface area contributed by atoms with Crippen LogP contribution < -0.4 is 0 Å². The molecule has 3 nitrogen and oxygen atoms in total. The van der Waals surface area contributed by atoms with Gasteiger partial charge in [0.25, 0.3) is 0 Å². The Kier molecular flexibility index (Phi) is 6.27. The van der Waals surface area contributed by atoms with Crippen molar-refractivity contribution in [2.45, 2.75) is 25.0 Å². The summed E-state index contributed by atoms with van der Waals surface area (Å²) < 4.78 is 7.28. The molecule has 1 aliphatic heterocycles. The summed E-state index contributed by atoms with van der Waals surface area (Å²) in [6.45, 7) is 5.37. The third-order valence-electron chi connectivity index (χ3n) is 7.27. The van der Waals surface area contributed by atoms with E-state index in [1.165, 1.54) is 0 Å². The van der Waals surface area contributed by atoms with Gasteiger partial charge in [0.2, 0.25) is 5.91 Å². The molecule has 0 aliphatic carbocycles. The highest BCUT2D eigenvalue weighted by atomic mass is 16.6. The van der Waals surface area contributed by atoms with Crippen LogP contribution in [0, 0.1) is 5.92 Å². The normalized spacial score (nSPS) is 16.3. The second-order valence-electron chi connectivity index (χ2n) is 8.98. The van der Waals surface area contributed by atoms with Gasteiger partial charge in [0.15, 0.2) is 0 Å². The Hall–Kier alpha value is -3.69. The Morgan fingerprint density at radius 1 is 0.600 bits per heavy atom. The molecule has 3 heteroatoms. The van der Waals surface area contributed by atoms with Crippen molar-refractivity contribution in [1.82, 2.24) is 4.90 Å². The largest absolute Gasteiger partial charge is 0.348 e. The maximum atomic E-state index is 14.6. The monoisotopic (exact) mass is 461 g/mol. The average Bonchev–Trinajstić information content (AvgIpc) is 2.92. The van der Waals surface area contributed by atoms with E-state index >= 15 is 0 Å². The molecular weight excluding hydrogens is 430 g/mol. The van der Waals surface area contributed by atoms with Crippen molar-refractivity contribution in [3.05, 3.63) is 144 Å². The molecule has 1 amide bonds. The van der Waals surface area contributed by atoms with Crippen LogP contribution in [0.3, 0.4) is 0 Å². The Morgan fingerprint density at radius 2 is 0.886 bits per heavy atom. The lowest BCUT2D eigenvalue weighted by molar-refractivity contribution is -0.295. The Labute approximate surface area is 208 Å². The van der Waals surface area contributed by atoms with Gasteiger partial charge >= 0.3 is 0 Å². The third-order valence-corrected chi connectivity index (χ3v) is 7.27. The van der Waals surface area contributed by atoms with E-state index in [2.05, 4.69) is 48.5 Å². The molecule has 4 aromatic carbocycles. The molecule has 1 aliphatic rings. The fraction of sp³-hybridized carbons (Fsp3) is 0.219. The molecule has 35 heavy (non-hydrogen) atoms. The molecule has 0 aromatic heterocycles. The average molecular weight is 462 g/mol. The van der Waals surface area contributed by atoms with Gasteiger partial charge in [0, 0.05) is 13.1 Å². The standard InChI is InChI=1S/C32H31NO2/c1-3-33(4-2)30(34)29-31(25-17-9-5-10-18-25,26-19-11-6-12-20-26)35-32(29,27-21-13-7-14-22-27)28-23-15-8-16-24-28/h5-24,29H,3-4H2,1-2H3. The summed E-state index contributed by atoms with van der Waals surface area (Å²) in [5, 5.41) is 0. The molecule has 5 rings (SSSR count). The minimum absolute atomic E-state index is 0.0988. The second kappa shape index (κ2) is 9.52. The van der Waals surface area contributed by atoms with Gasteiger partial charge in [-0.25, -0.2) is 0 Å². The summed E-state index contributed by atoms with van der Waals surface area (Å²) in [6, 6.07) is 40.8. The van der Waals surface area contributed by atoms with E-state index in [0.29, 0.717) is 13.1 Å². The van der Waals surface area contributed by atoms with E-state index in [9.17, 15) is 4.79 Å². The first-order valence-electron chi connectivity index (χ1n) is 12.4. The molecule has 1 fully saturated rings. The lowest BCUT2D eigenvalue weighted by atomic mass is 9.57. The van der Waals surface area contributed by atoms with E-state index < -0.39 is 17.1 Å². The highest BCUT2D eigenvalue weighted by Gasteiger charge is 2.71. The summed E-state index contributed by atoms with van der Waals surface area (Å²) >= 11 is 0. The van der Waals surface area contributed by atoms with E-state index in [0.717, 1.165) is 22.3 Å². The number of carbonyl (C=O) groups excluding carboxylic acids is 1. The van der Waals surface area contributed by atoms with Gasteiger partial charge in [-0.05, 0) is 36.1 Å². The summed E-state index contributed by atoms with van der Waals surface area (Å²) in [4.78, 5) is 16.5. The molecule has 0 spiro atoms. The van der Waals surface area contributed by atoms with Crippen LogP contribution in [0.5, 0.6) is 0 Å². The lowest BCUT2D eigenvalue weighted by Crippen LogP contribution is -2.70. The third kappa shape index (κ3) is 3.59. The highest BCUT2D eigenvalue weighted by Crippen LogP contribution is 2.64. The second-order valence-corrected chi connectivity index (χ2v) is 8.98. The molecule has 0 N–H and O–H groups in total. The zero-order valence-corrected chi connectivity index (χ0v) is 20.3. The van der Waals surface area contributed by atoms with E-state index in [4.69, 9.17) is 4.74 Å². The first kappa shape index (κ1) is 23.1. The first-order chi connectivity index (χ1) is 17.2. The van der Waals surface area contributed by atoms with Crippen LogP contribution in [-0.4, -0.2) is 23.9 Å². The number of rotatable bonds is 7. The van der Waals surface area contributed by atoms with Gasteiger partial charge < -0.3 is 9.64 Å². The Balaban J connectivity index is 1.84. The quantitative estimate of drug-likeness (QED) is 0.319. The van der Waals surface area contributed by atoms with Crippen LogP contribution in [0.2, 0.25) is 0 Å². The molecule has 0 saturated carbocycles. The van der Waals surface area contributed by atoms with Crippen molar-refractivity contribution in [1.29, 1.82) is 0 Å². The van der Waals surface area contributed by atoms with Gasteiger partial charge in [0.05, 0.1) is 0 Å². The minimum Gasteiger partial charge on any atom is -0.348 e. The van der Waals surface area contributed by atoms with Crippen molar-refractivity contribution in [3.63, 3.8) is 0 Å². The van der Waals surface area contributed by atoms with Crippen molar-refractivity contribution in [2.75, 3.05) is 13.1 Å². The van der Waals surface area contributed by atoms with E-state index in [1.54, 1.807) is 0 Å². The van der Waals surface area contributed by atoms with Crippen LogP contribution >= 0.6 is 0 Å². The first-order valence-corrected chi connectivity index (χ1v) is 12.4. The summed E-state index contributed by atoms with van der Waals surface area (Å²) in [7, 11) is 0. The van der Waals surface area contributed by atoms with Crippen LogP contribution in [-0.2, 0) is 20.7 Å². The van der Waals surface area contributed by atoms with Crippen molar-refractivity contribution in [2.24, 2.45) is 5.92 Å². The van der Waals surface area contributed by atoms with Crippen molar-refractivity contribution >= 4 is 5.91 Å². The SMILES string of the molecule is CCN(CC)C(=O)C1C(c2ccccc2)(c2ccccc2)OC1(c1ccccc1)c1ccccc1. The number of benzene rings is 4. The number of amides is 1. The van der Waals surface area contributed by atoms with E-state index in [1.807, 2.05) is 91.5 Å². The molecule has 0 atom stereocenters. The summed E-state index contributed by atoms with van der Waals surface area (Å²) in [5.74, 6) is -0.397. The van der Waals surface area contributed by atoms with Gasteiger partial charge in [-0.1, -0.05) is 121 Å². The van der Waals surface area contributed by atoms with Crippen LogP contribution in [0.1, 0.15) is 36.1 Å². The number of nitrogens with zero attached hydrogens (tertiary/aromatic N) is 1. The van der Waals surface area contributed by atoms with Crippen molar-refractivity contribution < 1.29 is 9.53 Å². The smallest absolute Gasteiger partial charge is 0.232 e. The Morgan fingerprint density at radius 3 is 1.14 bits per heavy atom. The molecule has 0 unspecified atom stereocenters. The van der Waals surface area contributed by atoms with Gasteiger partial charge in [-0.15, -0.1) is 0 Å². The van der Waals surface area contributed by atoms with Crippen molar-refractivity contribution in [3.8, 4) is 0 Å². The predicted octanol–water partition coefficient (Wildman–Crippen LogP) is 6.39. The van der Waals surface area contributed by atoms with Crippen LogP contribution in [0.4, 0.5) is 0 Å². The van der Waals surface area contributed by atoms with Crippen LogP contribution in [0.25, 0.3) is 0 Å². The molecule has 176 valence electrons. The molecule has 1 saturated heterocycles. The zero-order valence-electron chi connectivity index (χ0n) is 20.3. The number of carbonyl (C=O) groups is 1. The van der Waals surface area contributed by atoms with Gasteiger partial charge in [-0.3, -0.25) is 4.79 Å². The summed E-state index contributed by atoms with van der Waals surface area (Å²) in [5.41, 5.74) is 2.10. The fourth-order valence-electron chi connectivity index (χ4n) is 5.64. The number of hydrogen-bond acceptors (Lipinski definition) is 2. The molecular formula is C32H31NO2. The van der Waals surface area contributed by atoms with Gasteiger partial charge in [-0.2, -0.15) is 0 Å². The molecule has 4 aromatic rings. The topological polar surface area (TPSA) is 29.5 Å². The number of ether oxygens (including phenoxy) is 1. The molecule has 0 bridgehead atoms. The minimum atomic E-state index is -0.923. The fourth-order valence-corrected chi connectivity index (χ4v) is 5.64. The predicted molar refractivity (Wildman–Crippen MR) is 140 cm³/mol. The maximum Gasteiger partial charge on any atom is 0.232 e. The highest BCUT2D eigenvalue weighted by molar-refractivity contribution is 5.85. The van der Waals surface area contributed by atoms with Gasteiger partial charge in [0.1, 0.15) is 17.1 Å². The van der Waals surface area contributed by atoms with E-state index in [-0.39, 0.29) is 5.91 Å². The molecule has 1 heterocycles. The zero-order chi connectivity index (χ0) is 24.3.